The van der Waals surface area contributed by atoms with E-state index in [1.807, 2.05) is 31.3 Å². The lowest BCUT2D eigenvalue weighted by Gasteiger charge is -2.40. The van der Waals surface area contributed by atoms with E-state index in [0.717, 1.165) is 23.1 Å². The minimum atomic E-state index is -3.39. The molecular weight excluding hydrogens is 380 g/mol. The molecule has 1 aliphatic heterocycles. The second kappa shape index (κ2) is 8.32. The Kier molecular flexibility index (Phi) is 6.04. The molecule has 1 aliphatic rings. The number of aromatic nitrogens is 2. The zero-order chi connectivity index (χ0) is 20.3. The number of methoxy groups -OCH3 is 1. The maximum Gasteiger partial charge on any atom is 0.409 e. The molecule has 0 saturated carbocycles. The molecule has 3 rings (SSSR count). The van der Waals surface area contributed by atoms with Gasteiger partial charge >= 0.3 is 6.09 Å². The fourth-order valence-electron chi connectivity index (χ4n) is 3.82. The van der Waals surface area contributed by atoms with Gasteiger partial charge in [0.2, 0.25) is 10.0 Å². The molecule has 1 fully saturated rings. The van der Waals surface area contributed by atoms with Crippen molar-refractivity contribution in [1.29, 1.82) is 0 Å². The Morgan fingerprint density at radius 2 is 2.14 bits per heavy atom. The zero-order valence-corrected chi connectivity index (χ0v) is 17.1. The number of ether oxygens (including phenoxy) is 1. The summed E-state index contributed by atoms with van der Waals surface area (Å²) < 4.78 is 33.1. The van der Waals surface area contributed by atoms with Crippen LogP contribution in [-0.2, 0) is 28.2 Å². The molecule has 0 aliphatic carbocycles. The van der Waals surface area contributed by atoms with Crippen molar-refractivity contribution in [1.82, 2.24) is 19.4 Å². The van der Waals surface area contributed by atoms with Crippen LogP contribution in [0.5, 0.6) is 0 Å². The standard InChI is InChI=1S/C19H26N4O4S/c1-22-17(9-10-20-22)15-7-4-6-14(12-15)13-18-16(21-28(3,25)26)8-5-11-23(18)19(24)27-2/h4,6-7,9-10,12,16,18,21H,5,8,11,13H2,1-3H3/t16-,18-/m1/s1. The molecule has 152 valence electrons. The maximum atomic E-state index is 12.3. The van der Waals surface area contributed by atoms with Crippen molar-refractivity contribution in [2.75, 3.05) is 19.9 Å². The third kappa shape index (κ3) is 4.71. The van der Waals surface area contributed by atoms with Crippen LogP contribution in [0.15, 0.2) is 36.5 Å². The number of likely N-dealkylation sites (tertiary alicyclic amines) is 1. The van der Waals surface area contributed by atoms with Crippen LogP contribution in [-0.4, -0.2) is 61.2 Å². The van der Waals surface area contributed by atoms with Gasteiger partial charge in [0, 0.05) is 31.4 Å². The quantitative estimate of drug-likeness (QED) is 0.817. The summed E-state index contributed by atoms with van der Waals surface area (Å²) in [5.74, 6) is 0. The lowest BCUT2D eigenvalue weighted by Crippen LogP contribution is -2.57. The Balaban J connectivity index is 1.90. The molecule has 28 heavy (non-hydrogen) atoms. The average molecular weight is 407 g/mol. The Morgan fingerprint density at radius 3 is 2.79 bits per heavy atom. The van der Waals surface area contributed by atoms with Gasteiger partial charge in [-0.3, -0.25) is 4.68 Å². The second-order valence-corrected chi connectivity index (χ2v) is 8.89. The number of nitrogens with zero attached hydrogens (tertiary/aromatic N) is 3. The van der Waals surface area contributed by atoms with Gasteiger partial charge in [0.05, 0.1) is 25.1 Å². The normalized spacial score (nSPS) is 20.2. The van der Waals surface area contributed by atoms with Gasteiger partial charge in [0.15, 0.2) is 0 Å². The van der Waals surface area contributed by atoms with Crippen molar-refractivity contribution in [2.45, 2.75) is 31.3 Å². The summed E-state index contributed by atoms with van der Waals surface area (Å²) in [6.45, 7) is 0.542. The van der Waals surface area contributed by atoms with Crippen LogP contribution in [0.2, 0.25) is 0 Å². The van der Waals surface area contributed by atoms with Crippen LogP contribution in [0.4, 0.5) is 4.79 Å². The molecule has 0 unspecified atom stereocenters. The predicted molar refractivity (Wildman–Crippen MR) is 106 cm³/mol. The zero-order valence-electron chi connectivity index (χ0n) is 16.3. The van der Waals surface area contributed by atoms with Crippen LogP contribution < -0.4 is 4.72 Å². The first-order valence-electron chi connectivity index (χ1n) is 9.17. The highest BCUT2D eigenvalue weighted by Crippen LogP contribution is 2.25. The van der Waals surface area contributed by atoms with Crippen molar-refractivity contribution in [2.24, 2.45) is 7.05 Å². The van der Waals surface area contributed by atoms with E-state index < -0.39 is 16.1 Å². The topological polar surface area (TPSA) is 93.5 Å². The predicted octanol–water partition coefficient (Wildman–Crippen LogP) is 1.78. The second-order valence-electron chi connectivity index (χ2n) is 7.11. The molecule has 0 radical (unpaired) electrons. The Labute approximate surface area is 165 Å². The highest BCUT2D eigenvalue weighted by atomic mass is 32.2. The van der Waals surface area contributed by atoms with E-state index >= 15 is 0 Å². The first-order chi connectivity index (χ1) is 13.3. The average Bonchev–Trinajstić information content (AvgIpc) is 3.07. The number of amides is 1. The number of piperidine rings is 1. The van der Waals surface area contributed by atoms with E-state index in [-0.39, 0.29) is 12.1 Å². The van der Waals surface area contributed by atoms with Gasteiger partial charge in [0.1, 0.15) is 0 Å². The molecule has 9 heteroatoms. The monoisotopic (exact) mass is 406 g/mol. The minimum Gasteiger partial charge on any atom is -0.453 e. The number of aryl methyl sites for hydroxylation is 1. The lowest BCUT2D eigenvalue weighted by molar-refractivity contribution is 0.0792. The number of nitrogens with one attached hydrogen (secondary N) is 1. The van der Waals surface area contributed by atoms with Gasteiger partial charge in [-0.25, -0.2) is 17.9 Å². The fourth-order valence-corrected chi connectivity index (χ4v) is 4.65. The Morgan fingerprint density at radius 1 is 1.36 bits per heavy atom. The summed E-state index contributed by atoms with van der Waals surface area (Å²) in [7, 11) is -0.168. The first-order valence-corrected chi connectivity index (χ1v) is 11.1. The summed E-state index contributed by atoms with van der Waals surface area (Å²) in [4.78, 5) is 13.9. The molecule has 1 N–H and O–H groups in total. The van der Waals surface area contributed by atoms with Crippen molar-refractivity contribution in [3.8, 4) is 11.3 Å². The van der Waals surface area contributed by atoms with E-state index in [2.05, 4.69) is 15.9 Å². The highest BCUT2D eigenvalue weighted by molar-refractivity contribution is 7.88. The number of sulfonamides is 1. The molecule has 2 heterocycles. The molecule has 2 atom stereocenters. The van der Waals surface area contributed by atoms with E-state index in [1.165, 1.54) is 7.11 Å². The molecule has 1 saturated heterocycles. The van der Waals surface area contributed by atoms with Gasteiger partial charge in [0.25, 0.3) is 0 Å². The van der Waals surface area contributed by atoms with Gasteiger partial charge < -0.3 is 9.64 Å². The summed E-state index contributed by atoms with van der Waals surface area (Å²) in [6, 6.07) is 9.27. The highest BCUT2D eigenvalue weighted by Gasteiger charge is 2.36. The SMILES string of the molecule is COC(=O)N1CCC[C@@H](NS(C)(=O)=O)[C@H]1Cc1cccc(-c2ccnn2C)c1. The summed E-state index contributed by atoms with van der Waals surface area (Å²) in [5, 5.41) is 4.21. The van der Waals surface area contributed by atoms with E-state index in [9.17, 15) is 13.2 Å². The van der Waals surface area contributed by atoms with Crippen LogP contribution in [0, 0.1) is 0 Å². The lowest BCUT2D eigenvalue weighted by atomic mass is 9.91. The molecule has 1 aromatic carbocycles. The third-order valence-corrected chi connectivity index (χ3v) is 5.77. The molecule has 0 bridgehead atoms. The minimum absolute atomic E-state index is 0.322. The van der Waals surface area contributed by atoms with Crippen molar-refractivity contribution >= 4 is 16.1 Å². The number of hydrogen-bond donors (Lipinski definition) is 1. The van der Waals surface area contributed by atoms with E-state index in [1.54, 1.807) is 15.8 Å². The fraction of sp³-hybridized carbons (Fsp3) is 0.474. The van der Waals surface area contributed by atoms with Crippen molar-refractivity contribution in [3.63, 3.8) is 0 Å². The van der Waals surface area contributed by atoms with Crippen molar-refractivity contribution in [3.05, 3.63) is 42.1 Å². The van der Waals surface area contributed by atoms with Gasteiger partial charge in [-0.2, -0.15) is 5.10 Å². The Bertz CT molecular complexity index is 941. The summed E-state index contributed by atoms with van der Waals surface area (Å²) in [5.41, 5.74) is 3.02. The van der Waals surface area contributed by atoms with Crippen LogP contribution in [0.1, 0.15) is 18.4 Å². The van der Waals surface area contributed by atoms with Crippen LogP contribution in [0.25, 0.3) is 11.3 Å². The molecule has 8 nitrogen and oxygen atoms in total. The van der Waals surface area contributed by atoms with Crippen LogP contribution in [0.3, 0.4) is 0 Å². The Hall–Kier alpha value is -2.39. The molecule has 1 aromatic heterocycles. The summed E-state index contributed by atoms with van der Waals surface area (Å²) in [6.07, 6.45) is 4.36. The molecule has 0 spiro atoms. The van der Waals surface area contributed by atoms with E-state index in [0.29, 0.717) is 25.8 Å². The van der Waals surface area contributed by atoms with Gasteiger partial charge in [-0.05, 0) is 37.0 Å². The molecular formula is C19H26N4O4S. The van der Waals surface area contributed by atoms with Gasteiger partial charge in [-0.15, -0.1) is 0 Å². The molecule has 1 amide bonds. The molecule has 2 aromatic rings. The summed E-state index contributed by atoms with van der Waals surface area (Å²) >= 11 is 0. The smallest absolute Gasteiger partial charge is 0.409 e. The third-order valence-electron chi connectivity index (χ3n) is 5.04. The van der Waals surface area contributed by atoms with Crippen molar-refractivity contribution < 1.29 is 17.9 Å². The first kappa shape index (κ1) is 20.3. The number of carbonyl (C=O) groups excluding carboxylic acids is 1. The van der Waals surface area contributed by atoms with Crippen LogP contribution >= 0.6 is 0 Å². The maximum absolute atomic E-state index is 12.3. The number of carbonyl (C=O) groups is 1. The van der Waals surface area contributed by atoms with Gasteiger partial charge in [-0.1, -0.05) is 18.2 Å². The number of benzene rings is 1. The number of rotatable bonds is 5. The largest absolute Gasteiger partial charge is 0.453 e. The number of hydrogen-bond acceptors (Lipinski definition) is 5. The van der Waals surface area contributed by atoms with E-state index in [4.69, 9.17) is 4.74 Å².